The summed E-state index contributed by atoms with van der Waals surface area (Å²) >= 11 is 0. The molecule has 0 aromatic rings. The molecule has 0 aliphatic carbocycles. The Kier molecular flexibility index (Phi) is 831. The molecule has 0 unspecified atom stereocenters. The number of hydrogen-bond acceptors (Lipinski definition) is 0. The van der Waals surface area contributed by atoms with Crippen molar-refractivity contribution >= 4 is 0 Å². The summed E-state index contributed by atoms with van der Waals surface area (Å²) in [6.45, 7) is 0. The molecule has 0 bridgehead atoms. The fourth-order valence-corrected chi connectivity index (χ4v) is 0. The second kappa shape index (κ2) is 82.3. The molecule has 0 rings (SSSR count). The Morgan fingerprint density at radius 1 is 0.200 bits per heavy atom. The van der Waals surface area contributed by atoms with Gasteiger partial charge >= 0.3 is 0 Å². The molecule has 0 saturated heterocycles. The van der Waals surface area contributed by atoms with Crippen molar-refractivity contribution in [2.24, 2.45) is 0 Å². The molecule has 1 radical (unpaired) electrons. The molecule has 0 aromatic carbocycles. The van der Waals surface area contributed by atoms with Gasteiger partial charge in [-0.3, -0.25) is 0 Å². The molecular weight excluding hydrogens is 668 g/mol. The van der Waals surface area contributed by atoms with E-state index in [2.05, 4.69) is 0 Å². The summed E-state index contributed by atoms with van der Waals surface area (Å²) in [4.78, 5) is 0. The van der Waals surface area contributed by atoms with Crippen molar-refractivity contribution in [3.05, 3.63) is 0 Å². The Morgan fingerprint density at radius 2 is 0.200 bits per heavy atom. The normalized spacial score (nSPS) is 0. The number of hydrogen-bond donors (Lipinski definition) is 0. The molecule has 10 heteroatoms. The molecule has 0 atom stereocenters. The number of rotatable bonds is 0. The molecule has 0 fully saturated rings. The smallest absolute Gasteiger partial charge is 0 e. The monoisotopic (exact) mass is 668 g/mol. The van der Waals surface area contributed by atoms with Gasteiger partial charge in [0.2, 0.25) is 0 Å². The minimum Gasteiger partial charge on any atom is 0 e. The first-order valence-electron chi connectivity index (χ1n) is 0. The van der Waals surface area contributed by atoms with Crippen LogP contribution in [0.25, 0.3) is 0 Å². The van der Waals surface area contributed by atoms with Gasteiger partial charge in [-0.2, -0.15) is 0 Å². The molecule has 0 N–H and O–H groups in total. The molecular formula is Fe9Ho. The Balaban J connectivity index is 0. The van der Waals surface area contributed by atoms with Crippen molar-refractivity contribution in [3.8, 4) is 0 Å². The predicted molar refractivity (Wildman–Crippen MR) is 0 cm³/mol. The van der Waals surface area contributed by atoms with Crippen molar-refractivity contribution in [1.82, 2.24) is 0 Å². The van der Waals surface area contributed by atoms with Crippen LogP contribution in [0.2, 0.25) is 0 Å². The fraction of sp³-hybridized carbons (Fsp3) is 0. The van der Waals surface area contributed by atoms with Crippen molar-refractivity contribution in [3.63, 3.8) is 0 Å². The molecule has 0 aromatic heterocycles. The van der Waals surface area contributed by atoms with Gasteiger partial charge in [0.25, 0.3) is 0 Å². The summed E-state index contributed by atoms with van der Waals surface area (Å²) < 4.78 is 0. The maximum Gasteiger partial charge on any atom is 0 e. The van der Waals surface area contributed by atoms with E-state index < -0.39 is 0 Å². The first-order chi connectivity index (χ1) is 0. The Labute approximate surface area is 187 Å². The van der Waals surface area contributed by atoms with E-state index in [4.69, 9.17) is 0 Å². The minimum atomic E-state index is 0. The predicted octanol–water partition coefficient (Wildman–Crippen LogP) is -0.0225. The quantitative estimate of drug-likeness (QED) is 0.319. The molecule has 0 amide bonds. The van der Waals surface area contributed by atoms with Gasteiger partial charge in [0.15, 0.2) is 0 Å². The first kappa shape index (κ1) is 101. The zero-order valence-electron chi connectivity index (χ0n) is 3.48. The minimum absolute atomic E-state index is 0. The van der Waals surface area contributed by atoms with Gasteiger partial charge in [-0.15, -0.1) is 0 Å². The van der Waals surface area contributed by atoms with Crippen LogP contribution in [-0.4, -0.2) is 0 Å². The maximum absolute atomic E-state index is 0. The first-order valence-corrected chi connectivity index (χ1v) is 0. The van der Waals surface area contributed by atoms with Gasteiger partial charge in [-0.05, 0) is 0 Å². The third kappa shape index (κ3) is 66.2. The van der Waals surface area contributed by atoms with Gasteiger partial charge in [-0.1, -0.05) is 0 Å². The average Bonchev–Trinajstić information content (AvgIpc) is 0. The van der Waals surface area contributed by atoms with Crippen LogP contribution in [0.1, 0.15) is 0 Å². The zero-order chi connectivity index (χ0) is 0. The van der Waals surface area contributed by atoms with Crippen LogP contribution in [0.15, 0.2) is 0 Å². The van der Waals surface area contributed by atoms with Crippen molar-refractivity contribution in [1.29, 1.82) is 0 Å². The zero-order valence-corrected chi connectivity index (χ0v) is 15.4. The third-order valence-corrected chi connectivity index (χ3v) is 0. The molecule has 0 saturated carbocycles. The summed E-state index contributed by atoms with van der Waals surface area (Å²) in [6.07, 6.45) is 0. The molecule has 0 nitrogen and oxygen atoms in total. The van der Waals surface area contributed by atoms with Crippen molar-refractivity contribution in [2.45, 2.75) is 0 Å². The SMILES string of the molecule is [Fe].[Fe].[Fe].[Fe].[Fe].[Fe].[Fe].[Fe].[Fe].[Ho]. The van der Waals surface area contributed by atoms with Crippen LogP contribution in [0.4, 0.5) is 0 Å². The van der Waals surface area contributed by atoms with Crippen LogP contribution >= 0.6 is 0 Å². The summed E-state index contributed by atoms with van der Waals surface area (Å²) in [5.74, 6) is 0. The summed E-state index contributed by atoms with van der Waals surface area (Å²) in [5, 5.41) is 0. The molecule has 10 heavy (non-hydrogen) atoms. The maximum atomic E-state index is 0. The van der Waals surface area contributed by atoms with E-state index in [1.165, 1.54) is 0 Å². The fourth-order valence-electron chi connectivity index (χ4n) is 0. The average molecular weight is 668 g/mol. The van der Waals surface area contributed by atoms with Crippen LogP contribution < -0.4 is 0 Å². The van der Waals surface area contributed by atoms with E-state index in [9.17, 15) is 0 Å². The van der Waals surface area contributed by atoms with Crippen LogP contribution in [-0.2, 0) is 154 Å². The van der Waals surface area contributed by atoms with Gasteiger partial charge in [0.05, 0.1) is 0 Å². The molecule has 83 valence electrons. The molecule has 0 spiro atoms. The van der Waals surface area contributed by atoms with Gasteiger partial charge in [-0.25, -0.2) is 0 Å². The second-order valence-corrected chi connectivity index (χ2v) is 0. The Hall–Kier alpha value is 5.94. The largest absolute Gasteiger partial charge is 0 e. The summed E-state index contributed by atoms with van der Waals surface area (Å²) in [7, 11) is 0. The van der Waals surface area contributed by atoms with E-state index in [0.29, 0.717) is 0 Å². The van der Waals surface area contributed by atoms with Gasteiger partial charge < -0.3 is 0 Å². The molecule has 0 aliphatic heterocycles. The van der Waals surface area contributed by atoms with Crippen LogP contribution in [0, 0.1) is 37.7 Å². The Bertz CT molecular complexity index is 4.69. The van der Waals surface area contributed by atoms with Crippen molar-refractivity contribution in [2.75, 3.05) is 0 Å². The van der Waals surface area contributed by atoms with E-state index in [1.807, 2.05) is 0 Å². The second-order valence-electron chi connectivity index (χ2n) is 0. The molecule has 0 aliphatic rings. The molecule has 0 heterocycles. The van der Waals surface area contributed by atoms with Gasteiger partial charge in [0, 0.05) is 191 Å². The van der Waals surface area contributed by atoms with E-state index >= 15 is 0 Å². The third-order valence-electron chi connectivity index (χ3n) is 0. The van der Waals surface area contributed by atoms with E-state index in [-0.39, 0.29) is 191 Å². The van der Waals surface area contributed by atoms with E-state index in [1.54, 1.807) is 0 Å². The van der Waals surface area contributed by atoms with Crippen LogP contribution in [0.3, 0.4) is 0 Å². The van der Waals surface area contributed by atoms with E-state index in [0.717, 1.165) is 0 Å². The summed E-state index contributed by atoms with van der Waals surface area (Å²) in [6, 6.07) is 0. The summed E-state index contributed by atoms with van der Waals surface area (Å²) in [5.41, 5.74) is 0. The van der Waals surface area contributed by atoms with Crippen molar-refractivity contribution < 1.29 is 191 Å². The topological polar surface area (TPSA) is 0 Å². The van der Waals surface area contributed by atoms with Crippen LogP contribution in [0.5, 0.6) is 0 Å². The standard InChI is InChI=1S/9Fe.Ho. The van der Waals surface area contributed by atoms with Gasteiger partial charge in [0.1, 0.15) is 0 Å². The Morgan fingerprint density at radius 3 is 0.200 bits per heavy atom.